The smallest absolute Gasteiger partial charge is 0.334 e. The van der Waals surface area contributed by atoms with Crippen molar-refractivity contribution in [2.75, 3.05) is 6.61 Å². The van der Waals surface area contributed by atoms with E-state index < -0.39 is 0 Å². The molecule has 26 heavy (non-hydrogen) atoms. The molecule has 4 aliphatic carbocycles. The van der Waals surface area contributed by atoms with Crippen LogP contribution in [0.15, 0.2) is 23.3 Å². The van der Waals surface area contributed by atoms with Crippen molar-refractivity contribution in [3.8, 4) is 0 Å². The second-order valence-electron chi connectivity index (χ2n) is 10.1. The van der Waals surface area contributed by atoms with Gasteiger partial charge in [-0.15, -0.1) is 0 Å². The monoisotopic (exact) mass is 356 g/mol. The van der Waals surface area contributed by atoms with Crippen LogP contribution < -0.4 is 0 Å². The molecule has 1 N–H and O–H groups in total. The molecule has 0 aromatic carbocycles. The van der Waals surface area contributed by atoms with E-state index in [0.717, 1.165) is 30.8 Å². The van der Waals surface area contributed by atoms with Crippen LogP contribution in [-0.4, -0.2) is 23.8 Å². The first-order chi connectivity index (χ1) is 12.4. The Morgan fingerprint density at radius 1 is 1.12 bits per heavy atom. The minimum absolute atomic E-state index is 0.0751. The lowest BCUT2D eigenvalue weighted by Crippen LogP contribution is -2.52. The van der Waals surface area contributed by atoms with E-state index in [9.17, 15) is 9.90 Å². The molecule has 7 atom stereocenters. The number of aliphatic hydroxyl groups excluding tert-OH is 1. The molecular formula is C23H32O3. The Bertz CT molecular complexity index is 692. The number of esters is 1. The summed E-state index contributed by atoms with van der Waals surface area (Å²) < 4.78 is 5.23. The molecule has 5 rings (SSSR count). The zero-order valence-electron chi connectivity index (χ0n) is 16.2. The molecule has 0 spiro atoms. The summed E-state index contributed by atoms with van der Waals surface area (Å²) in [6.07, 6.45) is 13.6. The summed E-state index contributed by atoms with van der Waals surface area (Å²) in [4.78, 5) is 12.2. The molecule has 142 valence electrons. The fourth-order valence-corrected chi connectivity index (χ4v) is 7.69. The van der Waals surface area contributed by atoms with Crippen molar-refractivity contribution in [1.82, 2.24) is 0 Å². The first-order valence-corrected chi connectivity index (χ1v) is 10.7. The predicted molar refractivity (Wildman–Crippen MR) is 100 cm³/mol. The molecule has 0 aromatic heterocycles. The Labute approximate surface area is 156 Å². The largest absolute Gasteiger partial charge is 0.458 e. The van der Waals surface area contributed by atoms with E-state index in [0.29, 0.717) is 29.8 Å². The number of cyclic esters (lactones) is 1. The summed E-state index contributed by atoms with van der Waals surface area (Å²) in [5.74, 6) is 2.39. The first kappa shape index (κ1) is 17.0. The van der Waals surface area contributed by atoms with Crippen LogP contribution in [-0.2, 0) is 9.53 Å². The SMILES string of the molecule is C[C@]12CCC(O)CC1CCC1C3=CCC(C4=CCOC4=O)[C@@]3(C)CCC12. The van der Waals surface area contributed by atoms with Gasteiger partial charge in [-0.25, -0.2) is 4.79 Å². The number of rotatable bonds is 1. The molecule has 5 aliphatic rings. The average molecular weight is 357 g/mol. The quantitative estimate of drug-likeness (QED) is 0.559. The molecule has 0 radical (unpaired) electrons. The lowest BCUT2D eigenvalue weighted by Gasteiger charge is -2.59. The summed E-state index contributed by atoms with van der Waals surface area (Å²) in [5.41, 5.74) is 3.14. The molecule has 3 heteroatoms. The Balaban J connectivity index is 1.44. The molecule has 3 fully saturated rings. The van der Waals surface area contributed by atoms with Gasteiger partial charge in [-0.05, 0) is 86.0 Å². The number of carbonyl (C=O) groups excluding carboxylic acids is 1. The van der Waals surface area contributed by atoms with E-state index in [4.69, 9.17) is 4.74 Å². The minimum atomic E-state index is -0.0788. The van der Waals surface area contributed by atoms with E-state index >= 15 is 0 Å². The molecule has 0 aromatic rings. The summed E-state index contributed by atoms with van der Waals surface area (Å²) in [6, 6.07) is 0. The van der Waals surface area contributed by atoms with E-state index in [2.05, 4.69) is 19.9 Å². The van der Waals surface area contributed by atoms with Gasteiger partial charge in [0.15, 0.2) is 0 Å². The Hall–Kier alpha value is -1.09. The van der Waals surface area contributed by atoms with E-state index in [1.807, 2.05) is 6.08 Å². The third kappa shape index (κ3) is 2.19. The molecule has 1 aliphatic heterocycles. The van der Waals surface area contributed by atoms with Gasteiger partial charge in [0.25, 0.3) is 0 Å². The number of ether oxygens (including phenoxy) is 1. The van der Waals surface area contributed by atoms with Crippen LogP contribution in [0.4, 0.5) is 0 Å². The maximum atomic E-state index is 12.2. The van der Waals surface area contributed by atoms with Crippen LogP contribution in [0.3, 0.4) is 0 Å². The van der Waals surface area contributed by atoms with Crippen LogP contribution in [0.5, 0.6) is 0 Å². The summed E-state index contributed by atoms with van der Waals surface area (Å²) in [7, 11) is 0. The van der Waals surface area contributed by atoms with Crippen molar-refractivity contribution < 1.29 is 14.6 Å². The molecule has 0 amide bonds. The van der Waals surface area contributed by atoms with Crippen molar-refractivity contribution in [2.45, 2.75) is 71.3 Å². The number of fused-ring (bicyclic) bond motifs is 5. The third-order valence-electron chi connectivity index (χ3n) is 9.17. The molecule has 3 saturated carbocycles. The van der Waals surface area contributed by atoms with Crippen LogP contribution in [0.25, 0.3) is 0 Å². The highest BCUT2D eigenvalue weighted by Gasteiger charge is 2.58. The van der Waals surface area contributed by atoms with Gasteiger partial charge < -0.3 is 9.84 Å². The second-order valence-corrected chi connectivity index (χ2v) is 10.1. The van der Waals surface area contributed by atoms with Crippen LogP contribution in [0.2, 0.25) is 0 Å². The van der Waals surface area contributed by atoms with Crippen LogP contribution in [0, 0.1) is 34.5 Å². The van der Waals surface area contributed by atoms with E-state index in [1.165, 1.54) is 32.1 Å². The highest BCUT2D eigenvalue weighted by molar-refractivity contribution is 5.91. The topological polar surface area (TPSA) is 46.5 Å². The van der Waals surface area contributed by atoms with Gasteiger partial charge in [0.1, 0.15) is 6.61 Å². The number of aliphatic hydroxyl groups is 1. The molecule has 0 bridgehead atoms. The highest BCUT2D eigenvalue weighted by Crippen LogP contribution is 2.66. The maximum absolute atomic E-state index is 12.2. The number of hydrogen-bond donors (Lipinski definition) is 1. The second kappa shape index (κ2) is 5.70. The van der Waals surface area contributed by atoms with Crippen LogP contribution in [0.1, 0.15) is 65.2 Å². The van der Waals surface area contributed by atoms with Gasteiger partial charge in [0.05, 0.1) is 6.10 Å². The van der Waals surface area contributed by atoms with Crippen LogP contribution >= 0.6 is 0 Å². The Morgan fingerprint density at radius 3 is 2.73 bits per heavy atom. The van der Waals surface area contributed by atoms with E-state index in [1.54, 1.807) is 5.57 Å². The molecular weight excluding hydrogens is 324 g/mol. The van der Waals surface area contributed by atoms with Gasteiger partial charge in [-0.1, -0.05) is 25.5 Å². The number of carbonyl (C=O) groups is 1. The zero-order chi connectivity index (χ0) is 18.1. The lowest BCUT2D eigenvalue weighted by atomic mass is 9.45. The molecule has 1 heterocycles. The van der Waals surface area contributed by atoms with Crippen molar-refractivity contribution in [2.24, 2.45) is 34.5 Å². The predicted octanol–water partition coefficient (Wildman–Crippen LogP) is 4.41. The van der Waals surface area contributed by atoms with Crippen molar-refractivity contribution in [3.05, 3.63) is 23.3 Å². The average Bonchev–Trinajstić information content (AvgIpc) is 3.17. The molecule has 3 nitrogen and oxygen atoms in total. The third-order valence-corrected chi connectivity index (χ3v) is 9.17. The fourth-order valence-electron chi connectivity index (χ4n) is 7.69. The summed E-state index contributed by atoms with van der Waals surface area (Å²) in [6.45, 7) is 5.40. The standard InChI is InChI=1S/C23H32O3/c1-22-10-7-15(24)13-14(22)3-4-16-18-5-6-19(17-9-12-26-21(17)25)23(18,2)11-8-20(16)22/h5,9,14-16,19-20,24H,3-4,6-8,10-13H2,1-2H3/t14?,15?,16?,19?,20?,22-,23-/m0/s1. The zero-order valence-corrected chi connectivity index (χ0v) is 16.2. The lowest BCUT2D eigenvalue weighted by molar-refractivity contribution is -0.137. The van der Waals surface area contributed by atoms with Gasteiger partial charge in [-0.2, -0.15) is 0 Å². The molecule has 5 unspecified atom stereocenters. The fraction of sp³-hybridized carbons (Fsp3) is 0.783. The Morgan fingerprint density at radius 2 is 1.96 bits per heavy atom. The maximum Gasteiger partial charge on any atom is 0.334 e. The van der Waals surface area contributed by atoms with Crippen molar-refractivity contribution >= 4 is 5.97 Å². The Kier molecular flexibility index (Phi) is 3.74. The number of allylic oxidation sites excluding steroid dienone is 2. The van der Waals surface area contributed by atoms with Gasteiger partial charge in [-0.3, -0.25) is 0 Å². The van der Waals surface area contributed by atoms with Crippen molar-refractivity contribution in [1.29, 1.82) is 0 Å². The summed E-state index contributed by atoms with van der Waals surface area (Å²) >= 11 is 0. The normalized spacial score (nSPS) is 50.3. The minimum Gasteiger partial charge on any atom is -0.458 e. The molecule has 0 saturated heterocycles. The van der Waals surface area contributed by atoms with Gasteiger partial charge in [0.2, 0.25) is 0 Å². The first-order valence-electron chi connectivity index (χ1n) is 10.7. The van der Waals surface area contributed by atoms with Gasteiger partial charge in [0, 0.05) is 11.5 Å². The van der Waals surface area contributed by atoms with Gasteiger partial charge >= 0.3 is 5.97 Å². The van der Waals surface area contributed by atoms with Crippen molar-refractivity contribution in [3.63, 3.8) is 0 Å². The van der Waals surface area contributed by atoms with E-state index in [-0.39, 0.29) is 17.5 Å². The summed E-state index contributed by atoms with van der Waals surface area (Å²) in [5, 5.41) is 10.2. The number of hydrogen-bond acceptors (Lipinski definition) is 3. The highest BCUT2D eigenvalue weighted by atomic mass is 16.5.